The quantitative estimate of drug-likeness (QED) is 0.483. The summed E-state index contributed by atoms with van der Waals surface area (Å²) in [5.74, 6) is -1.07. The Bertz CT molecular complexity index is 435. The van der Waals surface area contributed by atoms with Gasteiger partial charge in [-0.25, -0.2) is 0 Å². The third-order valence-electron chi connectivity index (χ3n) is 2.24. The fourth-order valence-corrected chi connectivity index (χ4v) is 1.44. The normalized spacial score (nSPS) is 12.1. The van der Waals surface area contributed by atoms with Crippen molar-refractivity contribution in [2.75, 3.05) is 6.54 Å². The third-order valence-corrected chi connectivity index (χ3v) is 2.24. The van der Waals surface area contributed by atoms with Gasteiger partial charge in [0.1, 0.15) is 0 Å². The molecule has 98 valence electrons. The van der Waals surface area contributed by atoms with Crippen LogP contribution in [0.25, 0.3) is 0 Å². The Morgan fingerprint density at radius 3 is 2.83 bits per heavy atom. The Hall–Kier alpha value is -1.99. The average Bonchev–Trinajstić information content (AvgIpc) is 2.28. The molecule has 0 bridgehead atoms. The van der Waals surface area contributed by atoms with Crippen LogP contribution in [0, 0.1) is 10.1 Å². The molecule has 0 amide bonds. The first-order chi connectivity index (χ1) is 8.49. The van der Waals surface area contributed by atoms with Crippen LogP contribution in [0.3, 0.4) is 0 Å². The molecule has 0 saturated carbocycles. The molecule has 7 heteroatoms. The van der Waals surface area contributed by atoms with E-state index in [1.54, 1.807) is 12.1 Å². The van der Waals surface area contributed by atoms with E-state index in [0.717, 1.165) is 0 Å². The molecule has 0 radical (unpaired) electrons. The molecule has 0 fully saturated rings. The van der Waals surface area contributed by atoms with Gasteiger partial charge < -0.3 is 15.5 Å². The van der Waals surface area contributed by atoms with Crippen molar-refractivity contribution in [3.05, 3.63) is 39.9 Å². The van der Waals surface area contributed by atoms with E-state index in [2.05, 4.69) is 5.32 Å². The summed E-state index contributed by atoms with van der Waals surface area (Å²) >= 11 is 0. The van der Waals surface area contributed by atoms with Crippen LogP contribution in [0.5, 0.6) is 0 Å². The molecular weight excluding hydrogens is 240 g/mol. The maximum Gasteiger partial charge on any atom is 0.306 e. The predicted molar refractivity (Wildman–Crippen MR) is 63.1 cm³/mol. The zero-order valence-electron chi connectivity index (χ0n) is 9.57. The Kier molecular flexibility index (Phi) is 5.22. The molecule has 7 nitrogen and oxygen atoms in total. The molecule has 0 saturated heterocycles. The van der Waals surface area contributed by atoms with Crippen molar-refractivity contribution in [1.29, 1.82) is 0 Å². The van der Waals surface area contributed by atoms with Crippen molar-refractivity contribution in [3.63, 3.8) is 0 Å². The Morgan fingerprint density at radius 1 is 1.50 bits per heavy atom. The number of non-ortho nitro benzene ring substituents is 1. The van der Waals surface area contributed by atoms with Gasteiger partial charge in [0, 0.05) is 25.2 Å². The largest absolute Gasteiger partial charge is 0.481 e. The number of hydrogen-bond acceptors (Lipinski definition) is 5. The highest BCUT2D eigenvalue weighted by molar-refractivity contribution is 5.67. The lowest BCUT2D eigenvalue weighted by Crippen LogP contribution is -2.28. The predicted octanol–water partition coefficient (Wildman–Crippen LogP) is 0.520. The van der Waals surface area contributed by atoms with Gasteiger partial charge >= 0.3 is 5.97 Å². The van der Waals surface area contributed by atoms with Gasteiger partial charge in [-0.15, -0.1) is 0 Å². The summed E-state index contributed by atoms with van der Waals surface area (Å²) in [4.78, 5) is 20.4. The highest BCUT2D eigenvalue weighted by Gasteiger charge is 2.09. The molecule has 0 aliphatic heterocycles. The van der Waals surface area contributed by atoms with E-state index in [1.165, 1.54) is 12.1 Å². The van der Waals surface area contributed by atoms with Crippen molar-refractivity contribution >= 4 is 11.7 Å². The minimum Gasteiger partial charge on any atom is -0.481 e. The van der Waals surface area contributed by atoms with Crippen LogP contribution in [0.15, 0.2) is 24.3 Å². The van der Waals surface area contributed by atoms with Crippen LogP contribution in [0.2, 0.25) is 0 Å². The second-order valence-electron chi connectivity index (χ2n) is 3.81. The molecule has 0 aliphatic carbocycles. The lowest BCUT2D eigenvalue weighted by atomic mass is 10.2. The van der Waals surface area contributed by atoms with Gasteiger partial charge in [0.05, 0.1) is 17.4 Å². The highest BCUT2D eigenvalue weighted by atomic mass is 16.6. The molecular formula is C11H14N2O5. The molecule has 0 aliphatic rings. The molecule has 0 aromatic heterocycles. The van der Waals surface area contributed by atoms with Crippen molar-refractivity contribution in [2.45, 2.75) is 19.1 Å². The monoisotopic (exact) mass is 254 g/mol. The number of nitro groups is 1. The number of carboxylic acid groups (broad SMARTS) is 1. The number of nitrogens with zero attached hydrogens (tertiary/aromatic N) is 1. The molecule has 1 aromatic rings. The number of aliphatic hydroxyl groups is 1. The summed E-state index contributed by atoms with van der Waals surface area (Å²) in [5, 5.41) is 31.1. The molecule has 3 N–H and O–H groups in total. The van der Waals surface area contributed by atoms with Gasteiger partial charge in [0.25, 0.3) is 5.69 Å². The van der Waals surface area contributed by atoms with Crippen LogP contribution in [0.4, 0.5) is 5.69 Å². The van der Waals surface area contributed by atoms with E-state index >= 15 is 0 Å². The highest BCUT2D eigenvalue weighted by Crippen LogP contribution is 2.12. The molecule has 1 unspecified atom stereocenters. The summed E-state index contributed by atoms with van der Waals surface area (Å²) in [5.41, 5.74) is 0.701. The van der Waals surface area contributed by atoms with Crippen LogP contribution in [-0.2, 0) is 11.3 Å². The van der Waals surface area contributed by atoms with E-state index in [0.29, 0.717) is 12.1 Å². The standard InChI is InChI=1S/C11H14N2O5/c14-10(5-11(15)16)7-12-6-8-2-1-3-9(4-8)13(17)18/h1-4,10,12,14H,5-7H2,(H,15,16). The number of aliphatic hydroxyl groups excluding tert-OH is 1. The number of nitro benzene ring substituents is 1. The van der Waals surface area contributed by atoms with Gasteiger partial charge in [-0.3, -0.25) is 14.9 Å². The van der Waals surface area contributed by atoms with E-state index < -0.39 is 17.0 Å². The summed E-state index contributed by atoms with van der Waals surface area (Å²) < 4.78 is 0. The van der Waals surface area contributed by atoms with Gasteiger partial charge in [-0.1, -0.05) is 12.1 Å². The molecule has 0 heterocycles. The van der Waals surface area contributed by atoms with Crippen molar-refractivity contribution in [1.82, 2.24) is 5.32 Å². The summed E-state index contributed by atoms with van der Waals surface area (Å²) in [6, 6.07) is 6.10. The van der Waals surface area contributed by atoms with Gasteiger partial charge in [0.15, 0.2) is 0 Å². The summed E-state index contributed by atoms with van der Waals surface area (Å²) in [6.45, 7) is 0.452. The zero-order chi connectivity index (χ0) is 13.5. The van der Waals surface area contributed by atoms with E-state index in [9.17, 15) is 20.0 Å². The molecule has 1 atom stereocenters. The van der Waals surface area contributed by atoms with Gasteiger partial charge in [-0.2, -0.15) is 0 Å². The fourth-order valence-electron chi connectivity index (χ4n) is 1.44. The topological polar surface area (TPSA) is 113 Å². The number of nitrogens with one attached hydrogen (secondary N) is 1. The van der Waals surface area contributed by atoms with Gasteiger partial charge in [-0.05, 0) is 5.56 Å². The number of rotatable bonds is 7. The molecule has 18 heavy (non-hydrogen) atoms. The fraction of sp³-hybridized carbons (Fsp3) is 0.364. The first-order valence-corrected chi connectivity index (χ1v) is 5.33. The Balaban J connectivity index is 2.41. The maximum atomic E-state index is 10.5. The lowest BCUT2D eigenvalue weighted by Gasteiger charge is -2.09. The van der Waals surface area contributed by atoms with E-state index in [1.807, 2.05) is 0 Å². The number of benzene rings is 1. The van der Waals surface area contributed by atoms with Crippen LogP contribution >= 0.6 is 0 Å². The number of aliphatic carboxylic acids is 1. The molecule has 0 spiro atoms. The Labute approximate surface area is 103 Å². The SMILES string of the molecule is O=C(O)CC(O)CNCc1cccc([N+](=O)[O-])c1. The third kappa shape index (κ3) is 4.89. The minimum absolute atomic E-state index is 0.000356. The van der Waals surface area contributed by atoms with Crippen LogP contribution in [0.1, 0.15) is 12.0 Å². The first kappa shape index (κ1) is 14.1. The maximum absolute atomic E-state index is 10.5. The van der Waals surface area contributed by atoms with Crippen molar-refractivity contribution < 1.29 is 19.9 Å². The summed E-state index contributed by atoms with van der Waals surface area (Å²) in [6.07, 6.45) is -1.30. The van der Waals surface area contributed by atoms with E-state index in [-0.39, 0.29) is 18.7 Å². The molecule has 1 aromatic carbocycles. The first-order valence-electron chi connectivity index (χ1n) is 5.33. The second kappa shape index (κ2) is 6.67. The average molecular weight is 254 g/mol. The van der Waals surface area contributed by atoms with Crippen molar-refractivity contribution in [3.8, 4) is 0 Å². The number of hydrogen-bond donors (Lipinski definition) is 3. The summed E-state index contributed by atoms with van der Waals surface area (Å²) in [7, 11) is 0. The molecule has 1 rings (SSSR count). The number of carboxylic acids is 1. The lowest BCUT2D eigenvalue weighted by molar-refractivity contribution is -0.384. The smallest absolute Gasteiger partial charge is 0.306 e. The minimum atomic E-state index is -1.07. The Morgan fingerprint density at radius 2 is 2.22 bits per heavy atom. The van der Waals surface area contributed by atoms with Gasteiger partial charge in [0.2, 0.25) is 0 Å². The second-order valence-corrected chi connectivity index (χ2v) is 3.81. The van der Waals surface area contributed by atoms with E-state index in [4.69, 9.17) is 5.11 Å². The number of carbonyl (C=O) groups is 1. The van der Waals surface area contributed by atoms with Crippen molar-refractivity contribution in [2.24, 2.45) is 0 Å². The van der Waals surface area contributed by atoms with Crippen LogP contribution < -0.4 is 5.32 Å². The zero-order valence-corrected chi connectivity index (χ0v) is 9.57. The van der Waals surface area contributed by atoms with Crippen LogP contribution in [-0.4, -0.2) is 33.8 Å².